The molecule has 0 saturated carbocycles. The molecular formula is C21H24N2O2. The molecule has 2 aromatic rings. The van der Waals surface area contributed by atoms with Gasteiger partial charge in [0.15, 0.2) is 0 Å². The Morgan fingerprint density at radius 1 is 1.24 bits per heavy atom. The van der Waals surface area contributed by atoms with Crippen LogP contribution in [0, 0.1) is 0 Å². The Bertz CT molecular complexity index is 787. The average Bonchev–Trinajstić information content (AvgIpc) is 2.64. The first-order valence-electron chi connectivity index (χ1n) is 8.63. The molecule has 1 N–H and O–H groups in total. The highest BCUT2D eigenvalue weighted by Crippen LogP contribution is 2.38. The Hall–Kier alpha value is -2.75. The molecule has 1 unspecified atom stereocenters. The lowest BCUT2D eigenvalue weighted by Crippen LogP contribution is -2.55. The van der Waals surface area contributed by atoms with Gasteiger partial charge in [0.1, 0.15) is 11.4 Å². The minimum atomic E-state index is -0.675. The molecule has 3 rings (SSSR count). The molecule has 0 aliphatic carbocycles. The van der Waals surface area contributed by atoms with E-state index in [1.54, 1.807) is 11.0 Å². The zero-order valence-corrected chi connectivity index (χ0v) is 14.8. The monoisotopic (exact) mass is 336 g/mol. The number of nitrogens with one attached hydrogen (secondary N) is 1. The van der Waals surface area contributed by atoms with Crippen LogP contribution >= 0.6 is 0 Å². The fourth-order valence-electron chi connectivity index (χ4n) is 3.19. The summed E-state index contributed by atoms with van der Waals surface area (Å²) in [6.07, 6.45) is 2.71. The van der Waals surface area contributed by atoms with Gasteiger partial charge >= 0.3 is 0 Å². The SMILES string of the molecule is C=CCN1C(=O)c2ccccc2NC1(C)c1cccc(OCCC)c1. The maximum atomic E-state index is 13.1. The summed E-state index contributed by atoms with van der Waals surface area (Å²) >= 11 is 0. The van der Waals surface area contributed by atoms with Gasteiger partial charge in [-0.1, -0.05) is 37.3 Å². The fraction of sp³-hybridized carbons (Fsp3) is 0.286. The van der Waals surface area contributed by atoms with Crippen molar-refractivity contribution in [1.29, 1.82) is 0 Å². The summed E-state index contributed by atoms with van der Waals surface area (Å²) in [6.45, 7) is 9.04. The quantitative estimate of drug-likeness (QED) is 0.795. The van der Waals surface area contributed by atoms with Crippen LogP contribution in [0.4, 0.5) is 5.69 Å². The van der Waals surface area contributed by atoms with Crippen LogP contribution in [0.25, 0.3) is 0 Å². The first-order valence-corrected chi connectivity index (χ1v) is 8.63. The summed E-state index contributed by atoms with van der Waals surface area (Å²) in [4.78, 5) is 14.9. The lowest BCUT2D eigenvalue weighted by atomic mass is 9.93. The fourth-order valence-corrected chi connectivity index (χ4v) is 3.19. The summed E-state index contributed by atoms with van der Waals surface area (Å²) < 4.78 is 5.77. The predicted molar refractivity (Wildman–Crippen MR) is 101 cm³/mol. The minimum absolute atomic E-state index is 0.00312. The Morgan fingerprint density at radius 2 is 2.04 bits per heavy atom. The summed E-state index contributed by atoms with van der Waals surface area (Å²) in [7, 11) is 0. The van der Waals surface area contributed by atoms with Crippen molar-refractivity contribution in [3.63, 3.8) is 0 Å². The molecule has 0 fully saturated rings. The molecule has 25 heavy (non-hydrogen) atoms. The van der Waals surface area contributed by atoms with Gasteiger partial charge in [-0.05, 0) is 37.6 Å². The van der Waals surface area contributed by atoms with E-state index in [4.69, 9.17) is 4.74 Å². The molecule has 1 heterocycles. The van der Waals surface area contributed by atoms with E-state index in [0.717, 1.165) is 23.4 Å². The maximum absolute atomic E-state index is 13.1. The van der Waals surface area contributed by atoms with Crippen LogP contribution in [0.1, 0.15) is 36.2 Å². The second-order valence-corrected chi connectivity index (χ2v) is 6.32. The van der Waals surface area contributed by atoms with Crippen molar-refractivity contribution in [1.82, 2.24) is 4.90 Å². The molecule has 1 atom stereocenters. The molecule has 0 spiro atoms. The summed E-state index contributed by atoms with van der Waals surface area (Å²) in [5.74, 6) is 0.809. The average molecular weight is 336 g/mol. The number of carbonyl (C=O) groups is 1. The number of anilines is 1. The van der Waals surface area contributed by atoms with Gasteiger partial charge < -0.3 is 15.0 Å². The Balaban J connectivity index is 2.05. The van der Waals surface area contributed by atoms with E-state index in [1.807, 2.05) is 55.5 Å². The van der Waals surface area contributed by atoms with Gasteiger partial charge in [0.2, 0.25) is 0 Å². The van der Waals surface area contributed by atoms with Crippen molar-refractivity contribution in [2.45, 2.75) is 25.9 Å². The van der Waals surface area contributed by atoms with Gasteiger partial charge in [-0.3, -0.25) is 4.79 Å². The number of fused-ring (bicyclic) bond motifs is 1. The van der Waals surface area contributed by atoms with Crippen LogP contribution in [-0.4, -0.2) is 24.0 Å². The Labute approximate surface area is 149 Å². The Morgan fingerprint density at radius 3 is 2.80 bits per heavy atom. The molecule has 2 aromatic carbocycles. The molecule has 4 heteroatoms. The van der Waals surface area contributed by atoms with Crippen molar-refractivity contribution >= 4 is 11.6 Å². The predicted octanol–water partition coefficient (Wildman–Crippen LogP) is 4.40. The molecule has 0 saturated heterocycles. The molecule has 0 bridgehead atoms. The van der Waals surface area contributed by atoms with E-state index in [2.05, 4.69) is 18.8 Å². The van der Waals surface area contributed by atoms with E-state index in [0.29, 0.717) is 18.7 Å². The number of rotatable bonds is 6. The summed E-state index contributed by atoms with van der Waals surface area (Å²) in [5.41, 5.74) is 1.83. The third kappa shape index (κ3) is 3.12. The zero-order valence-electron chi connectivity index (χ0n) is 14.8. The molecule has 1 aliphatic rings. The summed E-state index contributed by atoms with van der Waals surface area (Å²) in [5, 5.41) is 3.54. The molecule has 1 aliphatic heterocycles. The van der Waals surface area contributed by atoms with Crippen molar-refractivity contribution < 1.29 is 9.53 Å². The number of hydrogen-bond donors (Lipinski definition) is 1. The smallest absolute Gasteiger partial charge is 0.258 e. The molecule has 1 amide bonds. The van der Waals surface area contributed by atoms with Crippen molar-refractivity contribution in [3.8, 4) is 5.75 Å². The third-order valence-corrected chi connectivity index (χ3v) is 4.50. The van der Waals surface area contributed by atoms with Gasteiger partial charge in [-0.15, -0.1) is 6.58 Å². The largest absolute Gasteiger partial charge is 0.494 e. The second kappa shape index (κ2) is 7.01. The van der Waals surface area contributed by atoms with E-state index in [1.165, 1.54) is 0 Å². The molecule has 0 aromatic heterocycles. The van der Waals surface area contributed by atoms with Gasteiger partial charge in [0.05, 0.1) is 12.2 Å². The number of nitrogens with zero attached hydrogens (tertiary/aromatic N) is 1. The minimum Gasteiger partial charge on any atom is -0.494 e. The van der Waals surface area contributed by atoms with Crippen LogP contribution in [0.5, 0.6) is 5.75 Å². The zero-order chi connectivity index (χ0) is 17.9. The highest BCUT2D eigenvalue weighted by atomic mass is 16.5. The first kappa shape index (κ1) is 17.1. The summed E-state index contributed by atoms with van der Waals surface area (Å²) in [6, 6.07) is 15.5. The van der Waals surface area contributed by atoms with Crippen LogP contribution in [-0.2, 0) is 5.66 Å². The van der Waals surface area contributed by atoms with Gasteiger partial charge in [-0.2, -0.15) is 0 Å². The van der Waals surface area contributed by atoms with Crippen molar-refractivity contribution in [2.75, 3.05) is 18.5 Å². The third-order valence-electron chi connectivity index (χ3n) is 4.50. The van der Waals surface area contributed by atoms with Crippen LogP contribution in [0.2, 0.25) is 0 Å². The van der Waals surface area contributed by atoms with Crippen molar-refractivity contribution in [2.24, 2.45) is 0 Å². The lowest BCUT2D eigenvalue weighted by Gasteiger charge is -2.46. The molecule has 4 nitrogen and oxygen atoms in total. The van der Waals surface area contributed by atoms with Gasteiger partial charge in [0.25, 0.3) is 5.91 Å². The van der Waals surface area contributed by atoms with E-state index in [9.17, 15) is 4.79 Å². The number of hydrogen-bond acceptors (Lipinski definition) is 3. The normalized spacial score (nSPS) is 19.1. The second-order valence-electron chi connectivity index (χ2n) is 6.32. The van der Waals surface area contributed by atoms with Crippen LogP contribution in [0.15, 0.2) is 61.2 Å². The number of para-hydroxylation sites is 1. The number of benzene rings is 2. The highest BCUT2D eigenvalue weighted by molar-refractivity contribution is 6.02. The van der Waals surface area contributed by atoms with Crippen LogP contribution < -0.4 is 10.1 Å². The number of ether oxygens (including phenoxy) is 1. The van der Waals surface area contributed by atoms with E-state index in [-0.39, 0.29) is 5.91 Å². The first-order chi connectivity index (χ1) is 12.1. The molecule has 0 radical (unpaired) electrons. The van der Waals surface area contributed by atoms with Crippen molar-refractivity contribution in [3.05, 3.63) is 72.3 Å². The van der Waals surface area contributed by atoms with Gasteiger partial charge in [-0.25, -0.2) is 0 Å². The lowest BCUT2D eigenvalue weighted by molar-refractivity contribution is 0.0572. The topological polar surface area (TPSA) is 41.6 Å². The van der Waals surface area contributed by atoms with E-state index >= 15 is 0 Å². The Kier molecular flexibility index (Phi) is 4.79. The number of carbonyl (C=O) groups excluding carboxylic acids is 1. The number of amides is 1. The maximum Gasteiger partial charge on any atom is 0.258 e. The highest BCUT2D eigenvalue weighted by Gasteiger charge is 2.41. The molecule has 130 valence electrons. The standard InChI is InChI=1S/C21H24N2O2/c1-4-13-23-20(24)18-11-6-7-12-19(18)22-21(23,3)16-9-8-10-17(15-16)25-14-5-2/h4,6-12,15,22H,1,5,13-14H2,2-3H3. The van der Waals surface area contributed by atoms with E-state index < -0.39 is 5.66 Å². The molecular weight excluding hydrogens is 312 g/mol. The van der Waals surface area contributed by atoms with Gasteiger partial charge in [0, 0.05) is 17.8 Å². The van der Waals surface area contributed by atoms with Crippen LogP contribution in [0.3, 0.4) is 0 Å².